The van der Waals surface area contributed by atoms with Crippen LogP contribution in [0.4, 0.5) is 0 Å². The van der Waals surface area contributed by atoms with Crippen molar-refractivity contribution in [2.45, 2.75) is 38.5 Å². The highest BCUT2D eigenvalue weighted by molar-refractivity contribution is 4.89. The van der Waals surface area contributed by atoms with Gasteiger partial charge >= 0.3 is 0 Å². The molecule has 0 bridgehead atoms. The molecule has 2 saturated carbocycles. The quantitative estimate of drug-likeness (QED) is 0.804. The maximum absolute atomic E-state index is 9.69. The van der Waals surface area contributed by atoms with Crippen LogP contribution in [0, 0.1) is 11.3 Å². The van der Waals surface area contributed by atoms with E-state index < -0.39 is 0 Å². The first-order valence-electron chi connectivity index (χ1n) is 7.85. The van der Waals surface area contributed by atoms with Crippen LogP contribution in [0.1, 0.15) is 38.5 Å². The molecule has 0 aromatic heterocycles. The van der Waals surface area contributed by atoms with Gasteiger partial charge in [0.1, 0.15) is 0 Å². The van der Waals surface area contributed by atoms with Crippen LogP contribution >= 0.6 is 0 Å². The zero-order valence-electron chi connectivity index (χ0n) is 11.6. The fourth-order valence-corrected chi connectivity index (χ4v) is 3.76. The van der Waals surface area contributed by atoms with Gasteiger partial charge in [0.05, 0.1) is 0 Å². The minimum atomic E-state index is 0.249. The summed E-state index contributed by atoms with van der Waals surface area (Å²) in [4.78, 5) is 5.25. The van der Waals surface area contributed by atoms with Crippen LogP contribution in [-0.2, 0) is 0 Å². The van der Waals surface area contributed by atoms with E-state index in [0.717, 1.165) is 12.5 Å². The van der Waals surface area contributed by atoms with Gasteiger partial charge in [-0.05, 0) is 31.6 Å². The van der Waals surface area contributed by atoms with Crippen LogP contribution < -0.4 is 0 Å². The highest BCUT2D eigenvalue weighted by atomic mass is 16.3. The van der Waals surface area contributed by atoms with Crippen molar-refractivity contribution in [3.05, 3.63) is 0 Å². The average Bonchev–Trinajstić information content (AvgIpc) is 3.09. The molecule has 3 fully saturated rings. The summed E-state index contributed by atoms with van der Waals surface area (Å²) in [6.07, 6.45) is 8.06. The lowest BCUT2D eigenvalue weighted by Crippen LogP contribution is -2.50. The smallest absolute Gasteiger partial charge is 0.0499 e. The molecule has 1 saturated heterocycles. The topological polar surface area (TPSA) is 26.7 Å². The fraction of sp³-hybridized carbons (Fsp3) is 1.00. The number of hydrogen-bond acceptors (Lipinski definition) is 3. The first kappa shape index (κ1) is 12.9. The predicted octanol–water partition coefficient (Wildman–Crippen LogP) is 1.57. The average molecular weight is 252 g/mol. The van der Waals surface area contributed by atoms with Crippen molar-refractivity contribution in [3.63, 3.8) is 0 Å². The standard InChI is InChI=1S/C15H28N2O/c18-13-15(5-1-2-6-15)12-17-9-7-16(8-10-17)11-14-3-4-14/h14,18H,1-13H2. The largest absolute Gasteiger partial charge is 0.396 e. The van der Waals surface area contributed by atoms with E-state index >= 15 is 0 Å². The first-order valence-corrected chi connectivity index (χ1v) is 7.85. The summed E-state index contributed by atoms with van der Waals surface area (Å²) in [7, 11) is 0. The van der Waals surface area contributed by atoms with Gasteiger partial charge in [-0.1, -0.05) is 12.8 Å². The van der Waals surface area contributed by atoms with Crippen LogP contribution in [0.5, 0.6) is 0 Å². The summed E-state index contributed by atoms with van der Waals surface area (Å²) in [6, 6.07) is 0. The van der Waals surface area contributed by atoms with Gasteiger partial charge in [-0.15, -0.1) is 0 Å². The molecule has 18 heavy (non-hydrogen) atoms. The molecule has 104 valence electrons. The lowest BCUT2D eigenvalue weighted by molar-refractivity contribution is 0.0486. The van der Waals surface area contributed by atoms with Crippen LogP contribution in [0.25, 0.3) is 0 Å². The zero-order valence-corrected chi connectivity index (χ0v) is 11.6. The first-order chi connectivity index (χ1) is 8.80. The molecule has 1 N–H and O–H groups in total. The predicted molar refractivity (Wildman–Crippen MR) is 73.6 cm³/mol. The summed E-state index contributed by atoms with van der Waals surface area (Å²) in [6.45, 7) is 7.81. The monoisotopic (exact) mass is 252 g/mol. The van der Waals surface area contributed by atoms with E-state index in [2.05, 4.69) is 9.80 Å². The summed E-state index contributed by atoms with van der Waals surface area (Å²) in [5, 5.41) is 9.69. The second-order valence-electron chi connectivity index (χ2n) is 6.89. The molecular formula is C15H28N2O. The summed E-state index contributed by atoms with van der Waals surface area (Å²) >= 11 is 0. The lowest BCUT2D eigenvalue weighted by Gasteiger charge is -2.39. The maximum atomic E-state index is 9.69. The Kier molecular flexibility index (Phi) is 3.92. The Balaban J connectivity index is 1.44. The summed E-state index contributed by atoms with van der Waals surface area (Å²) < 4.78 is 0. The molecule has 0 spiro atoms. The molecule has 1 heterocycles. The van der Waals surface area contributed by atoms with E-state index in [1.807, 2.05) is 0 Å². The van der Waals surface area contributed by atoms with E-state index in [1.54, 1.807) is 0 Å². The molecule has 0 radical (unpaired) electrons. The van der Waals surface area contributed by atoms with Gasteiger partial charge in [-0.3, -0.25) is 0 Å². The van der Waals surface area contributed by atoms with E-state index in [0.29, 0.717) is 6.61 Å². The Labute approximate surface area is 111 Å². The van der Waals surface area contributed by atoms with E-state index in [4.69, 9.17) is 0 Å². The SMILES string of the molecule is OCC1(CN2CCN(CC3CC3)CC2)CCCC1. The molecule has 2 aliphatic carbocycles. The van der Waals surface area contributed by atoms with Gasteiger partial charge in [0.15, 0.2) is 0 Å². The Morgan fingerprint density at radius 2 is 1.56 bits per heavy atom. The second-order valence-corrected chi connectivity index (χ2v) is 6.89. The number of piperazine rings is 1. The van der Waals surface area contributed by atoms with Gasteiger partial charge in [0.25, 0.3) is 0 Å². The normalized spacial score (nSPS) is 29.8. The van der Waals surface area contributed by atoms with Crippen LogP contribution in [-0.4, -0.2) is 60.8 Å². The van der Waals surface area contributed by atoms with Gasteiger partial charge in [0, 0.05) is 51.3 Å². The summed E-state index contributed by atoms with van der Waals surface area (Å²) in [5.74, 6) is 1.02. The lowest BCUT2D eigenvalue weighted by atomic mass is 9.86. The zero-order chi connectivity index (χ0) is 12.4. The molecule has 1 aliphatic heterocycles. The van der Waals surface area contributed by atoms with Gasteiger partial charge < -0.3 is 14.9 Å². The van der Waals surface area contributed by atoms with Gasteiger partial charge in [-0.25, -0.2) is 0 Å². The van der Waals surface area contributed by atoms with Gasteiger partial charge in [0.2, 0.25) is 0 Å². The van der Waals surface area contributed by atoms with Crippen molar-refractivity contribution >= 4 is 0 Å². The molecule has 0 unspecified atom stereocenters. The van der Waals surface area contributed by atoms with E-state index in [-0.39, 0.29) is 5.41 Å². The van der Waals surface area contributed by atoms with Crippen LogP contribution in [0.3, 0.4) is 0 Å². The Hall–Kier alpha value is -0.120. The second kappa shape index (κ2) is 5.48. The molecule has 3 nitrogen and oxygen atoms in total. The fourth-order valence-electron chi connectivity index (χ4n) is 3.76. The van der Waals surface area contributed by atoms with Crippen molar-refractivity contribution in [1.82, 2.24) is 9.80 Å². The minimum absolute atomic E-state index is 0.249. The van der Waals surface area contributed by atoms with Crippen molar-refractivity contribution < 1.29 is 5.11 Å². The van der Waals surface area contributed by atoms with E-state index in [9.17, 15) is 5.11 Å². The highest BCUT2D eigenvalue weighted by Crippen LogP contribution is 2.38. The van der Waals surface area contributed by atoms with Gasteiger partial charge in [-0.2, -0.15) is 0 Å². The Morgan fingerprint density at radius 1 is 0.944 bits per heavy atom. The third-order valence-electron chi connectivity index (χ3n) is 5.24. The van der Waals surface area contributed by atoms with Crippen molar-refractivity contribution in [1.29, 1.82) is 0 Å². The molecule has 3 rings (SSSR count). The number of aliphatic hydroxyl groups excluding tert-OH is 1. The molecule has 0 aromatic carbocycles. The summed E-state index contributed by atoms with van der Waals surface area (Å²) in [5.41, 5.74) is 0.249. The Bertz CT molecular complexity index is 264. The van der Waals surface area contributed by atoms with Crippen molar-refractivity contribution in [2.75, 3.05) is 45.9 Å². The minimum Gasteiger partial charge on any atom is -0.396 e. The van der Waals surface area contributed by atoms with Crippen molar-refractivity contribution in [2.24, 2.45) is 11.3 Å². The van der Waals surface area contributed by atoms with E-state index in [1.165, 1.54) is 71.2 Å². The molecule has 3 aliphatic rings. The molecule has 0 aromatic rings. The molecular weight excluding hydrogens is 224 g/mol. The maximum Gasteiger partial charge on any atom is 0.0499 e. The number of hydrogen-bond donors (Lipinski definition) is 1. The number of aliphatic hydroxyl groups is 1. The molecule has 0 atom stereocenters. The third-order valence-corrected chi connectivity index (χ3v) is 5.24. The molecule has 0 amide bonds. The number of nitrogens with zero attached hydrogens (tertiary/aromatic N) is 2. The van der Waals surface area contributed by atoms with Crippen LogP contribution in [0.15, 0.2) is 0 Å². The van der Waals surface area contributed by atoms with Crippen LogP contribution in [0.2, 0.25) is 0 Å². The van der Waals surface area contributed by atoms with Crippen molar-refractivity contribution in [3.8, 4) is 0 Å². The highest BCUT2D eigenvalue weighted by Gasteiger charge is 2.36. The third kappa shape index (κ3) is 3.06. The Morgan fingerprint density at radius 3 is 2.11 bits per heavy atom. The molecule has 3 heteroatoms. The number of rotatable bonds is 5.